The predicted octanol–water partition coefficient (Wildman–Crippen LogP) is 3.57. The van der Waals surface area contributed by atoms with E-state index in [9.17, 15) is 9.59 Å². The summed E-state index contributed by atoms with van der Waals surface area (Å²) >= 11 is 4.75. The number of amides is 1. The molecule has 1 amide bonds. The predicted molar refractivity (Wildman–Crippen MR) is 122 cm³/mol. The number of carbonyl (C=O) groups excluding carboxylic acids is 1. The van der Waals surface area contributed by atoms with Gasteiger partial charge < -0.3 is 10.2 Å². The van der Waals surface area contributed by atoms with Crippen LogP contribution in [0.4, 0.5) is 5.69 Å². The number of carbonyl (C=O) groups is 1. The first-order valence-electron chi connectivity index (χ1n) is 9.89. The van der Waals surface area contributed by atoms with E-state index in [4.69, 9.17) is 0 Å². The van der Waals surface area contributed by atoms with Gasteiger partial charge in [0.25, 0.3) is 0 Å². The topological polar surface area (TPSA) is 67.2 Å². The first kappa shape index (κ1) is 22.1. The van der Waals surface area contributed by atoms with E-state index in [1.54, 1.807) is 0 Å². The van der Waals surface area contributed by atoms with Gasteiger partial charge in [0.05, 0.1) is 5.75 Å². The fourth-order valence-corrected chi connectivity index (χ4v) is 4.65. The number of rotatable bonds is 8. The molecule has 1 aromatic carbocycles. The maximum atomic E-state index is 12.7. The SMILES string of the molecule is CN(C)CCCn1c2c(c(SCC(=O)Nc3ccc(Br)cc3)nc1=O)CCCC2. The molecule has 0 saturated heterocycles. The normalized spacial score (nSPS) is 13.4. The largest absolute Gasteiger partial charge is 0.348 e. The van der Waals surface area contributed by atoms with E-state index in [0.29, 0.717) is 6.54 Å². The van der Waals surface area contributed by atoms with E-state index in [0.717, 1.165) is 65.1 Å². The smallest absolute Gasteiger partial charge is 0.325 e. The standard InChI is InChI=1S/C21H27BrN4O2S/c1-25(2)12-5-13-26-18-7-4-3-6-17(18)20(24-21(26)28)29-14-19(27)23-16-10-8-15(22)9-11-16/h8-11H,3-7,12-14H2,1-2H3,(H,23,27). The Balaban J connectivity index is 1.70. The van der Waals surface area contributed by atoms with Crippen LogP contribution in [0.15, 0.2) is 38.6 Å². The molecule has 0 bridgehead atoms. The summed E-state index contributed by atoms with van der Waals surface area (Å²) in [6.07, 6.45) is 4.95. The molecule has 8 heteroatoms. The van der Waals surface area contributed by atoms with Gasteiger partial charge in [-0.25, -0.2) is 4.79 Å². The molecule has 1 heterocycles. The van der Waals surface area contributed by atoms with Gasteiger partial charge >= 0.3 is 5.69 Å². The van der Waals surface area contributed by atoms with Crippen molar-refractivity contribution in [3.05, 3.63) is 50.5 Å². The van der Waals surface area contributed by atoms with Crippen molar-refractivity contribution in [3.8, 4) is 0 Å². The fraction of sp³-hybridized carbons (Fsp3) is 0.476. The third-order valence-corrected chi connectivity index (χ3v) is 6.45. The number of hydrogen-bond acceptors (Lipinski definition) is 5. The molecule has 29 heavy (non-hydrogen) atoms. The zero-order valence-electron chi connectivity index (χ0n) is 16.9. The fourth-order valence-electron chi connectivity index (χ4n) is 3.51. The third-order valence-electron chi connectivity index (χ3n) is 4.91. The van der Waals surface area contributed by atoms with Gasteiger partial charge in [-0.05, 0) is 77.0 Å². The van der Waals surface area contributed by atoms with E-state index in [1.807, 2.05) is 42.9 Å². The zero-order valence-corrected chi connectivity index (χ0v) is 19.3. The second-order valence-electron chi connectivity index (χ2n) is 7.48. The van der Waals surface area contributed by atoms with E-state index in [-0.39, 0.29) is 17.3 Å². The highest BCUT2D eigenvalue weighted by atomic mass is 79.9. The highest BCUT2D eigenvalue weighted by Gasteiger charge is 2.21. The number of fused-ring (bicyclic) bond motifs is 1. The summed E-state index contributed by atoms with van der Waals surface area (Å²) < 4.78 is 2.82. The first-order valence-corrected chi connectivity index (χ1v) is 11.7. The van der Waals surface area contributed by atoms with Crippen LogP contribution in [0.5, 0.6) is 0 Å². The van der Waals surface area contributed by atoms with E-state index < -0.39 is 0 Å². The Hall–Kier alpha value is -1.64. The molecule has 0 aliphatic heterocycles. The van der Waals surface area contributed by atoms with Crippen LogP contribution >= 0.6 is 27.7 Å². The number of anilines is 1. The molecule has 1 aromatic heterocycles. The van der Waals surface area contributed by atoms with Crippen molar-refractivity contribution in [2.75, 3.05) is 31.7 Å². The van der Waals surface area contributed by atoms with Crippen molar-refractivity contribution in [2.45, 2.75) is 43.7 Å². The van der Waals surface area contributed by atoms with Gasteiger partial charge in [0.2, 0.25) is 5.91 Å². The molecule has 0 atom stereocenters. The maximum Gasteiger partial charge on any atom is 0.348 e. The molecule has 156 valence electrons. The van der Waals surface area contributed by atoms with E-state index >= 15 is 0 Å². The summed E-state index contributed by atoms with van der Waals surface area (Å²) in [4.78, 5) is 31.5. The minimum atomic E-state index is -0.194. The molecular formula is C21H27BrN4O2S. The zero-order chi connectivity index (χ0) is 20.8. The number of benzene rings is 1. The lowest BCUT2D eigenvalue weighted by atomic mass is 9.97. The molecule has 2 aromatic rings. The second-order valence-corrected chi connectivity index (χ2v) is 9.36. The van der Waals surface area contributed by atoms with Crippen LogP contribution in [0.2, 0.25) is 0 Å². The summed E-state index contributed by atoms with van der Waals surface area (Å²) in [5, 5.41) is 3.61. The summed E-state index contributed by atoms with van der Waals surface area (Å²) in [5.74, 6) is 0.137. The highest BCUT2D eigenvalue weighted by molar-refractivity contribution is 9.10. The van der Waals surface area contributed by atoms with E-state index in [1.165, 1.54) is 11.8 Å². The van der Waals surface area contributed by atoms with Crippen LogP contribution in [0.25, 0.3) is 0 Å². The van der Waals surface area contributed by atoms with Crippen molar-refractivity contribution in [1.29, 1.82) is 0 Å². The van der Waals surface area contributed by atoms with Crippen LogP contribution in [-0.2, 0) is 24.2 Å². The average molecular weight is 479 g/mol. The van der Waals surface area contributed by atoms with Crippen LogP contribution in [0, 0.1) is 0 Å². The molecule has 6 nitrogen and oxygen atoms in total. The van der Waals surface area contributed by atoms with Gasteiger partial charge in [-0.2, -0.15) is 4.98 Å². The lowest BCUT2D eigenvalue weighted by Gasteiger charge is -2.23. The minimum absolute atomic E-state index is 0.0983. The van der Waals surface area contributed by atoms with Crippen molar-refractivity contribution >= 4 is 39.3 Å². The second kappa shape index (κ2) is 10.4. The van der Waals surface area contributed by atoms with Gasteiger partial charge in [0.15, 0.2) is 0 Å². The van der Waals surface area contributed by atoms with Gasteiger partial charge in [-0.1, -0.05) is 27.7 Å². The molecule has 0 saturated carbocycles. The Morgan fingerprint density at radius 3 is 2.69 bits per heavy atom. The number of thioether (sulfide) groups is 1. The van der Waals surface area contributed by atoms with Crippen LogP contribution in [-0.4, -0.2) is 46.8 Å². The summed E-state index contributed by atoms with van der Waals surface area (Å²) in [6, 6.07) is 7.47. The van der Waals surface area contributed by atoms with Gasteiger partial charge in [0, 0.05) is 28.0 Å². The van der Waals surface area contributed by atoms with Crippen molar-refractivity contribution in [3.63, 3.8) is 0 Å². The molecule has 1 N–H and O–H groups in total. The quantitative estimate of drug-likeness (QED) is 0.463. The first-order chi connectivity index (χ1) is 13.9. The highest BCUT2D eigenvalue weighted by Crippen LogP contribution is 2.28. The Morgan fingerprint density at radius 1 is 1.24 bits per heavy atom. The molecule has 1 aliphatic rings. The summed E-state index contributed by atoms with van der Waals surface area (Å²) in [7, 11) is 4.07. The number of hydrogen-bond donors (Lipinski definition) is 1. The Labute approximate surface area is 184 Å². The molecule has 0 fully saturated rings. The number of nitrogens with one attached hydrogen (secondary N) is 1. The molecule has 1 aliphatic carbocycles. The minimum Gasteiger partial charge on any atom is -0.325 e. The molecule has 0 spiro atoms. The summed E-state index contributed by atoms with van der Waals surface area (Å²) in [6.45, 7) is 1.63. The number of nitrogens with zero attached hydrogens (tertiary/aromatic N) is 3. The van der Waals surface area contributed by atoms with Crippen molar-refractivity contribution in [2.24, 2.45) is 0 Å². The molecule has 0 radical (unpaired) electrons. The monoisotopic (exact) mass is 478 g/mol. The van der Waals surface area contributed by atoms with Crippen LogP contribution < -0.4 is 11.0 Å². The van der Waals surface area contributed by atoms with Crippen LogP contribution in [0.1, 0.15) is 30.5 Å². The van der Waals surface area contributed by atoms with Gasteiger partial charge in [0.1, 0.15) is 5.03 Å². The molecular weight excluding hydrogens is 452 g/mol. The van der Waals surface area contributed by atoms with E-state index in [2.05, 4.69) is 31.1 Å². The lowest BCUT2D eigenvalue weighted by molar-refractivity contribution is -0.113. The number of halogens is 1. The lowest BCUT2D eigenvalue weighted by Crippen LogP contribution is -2.31. The molecule has 3 rings (SSSR count). The third kappa shape index (κ3) is 6.17. The van der Waals surface area contributed by atoms with Crippen LogP contribution in [0.3, 0.4) is 0 Å². The summed E-state index contributed by atoms with van der Waals surface area (Å²) in [5.41, 5.74) is 2.83. The van der Waals surface area contributed by atoms with Gasteiger partial charge in [-0.15, -0.1) is 0 Å². The Bertz CT molecular complexity index is 912. The van der Waals surface area contributed by atoms with Gasteiger partial charge in [-0.3, -0.25) is 9.36 Å². The maximum absolute atomic E-state index is 12.7. The Morgan fingerprint density at radius 2 is 1.97 bits per heavy atom. The van der Waals surface area contributed by atoms with Crippen molar-refractivity contribution in [1.82, 2.24) is 14.5 Å². The average Bonchev–Trinajstić information content (AvgIpc) is 2.69. The van der Waals surface area contributed by atoms with Crippen molar-refractivity contribution < 1.29 is 4.79 Å². The molecule has 0 unspecified atom stereocenters. The Kier molecular flexibility index (Phi) is 7.91. The number of aromatic nitrogens is 2.